The molecule has 2 rings (SSSR count). The molecule has 8 heteroatoms. The highest BCUT2D eigenvalue weighted by Gasteiger charge is 2.11. The topological polar surface area (TPSA) is 39.9 Å². The molecule has 1 aromatic carbocycles. The molecule has 0 aliphatic heterocycles. The Morgan fingerprint density at radius 2 is 1.84 bits per heavy atom. The second-order valence-corrected chi connectivity index (χ2v) is 3.64. The van der Waals surface area contributed by atoms with E-state index in [1.54, 1.807) is 0 Å². The van der Waals surface area contributed by atoms with Crippen LogP contribution in [-0.2, 0) is 13.2 Å². The smallest absolute Gasteiger partial charge is 0.257 e. The Morgan fingerprint density at radius 1 is 1.16 bits per heavy atom. The minimum Gasteiger partial charge on any atom is -0.485 e. The molecule has 0 amide bonds. The summed E-state index contributed by atoms with van der Waals surface area (Å²) in [5, 5.41) is 3.60. The van der Waals surface area contributed by atoms with Crippen molar-refractivity contribution in [3.8, 4) is 5.75 Å². The zero-order valence-electron chi connectivity index (χ0n) is 9.56. The molecular formula is C11H9F4N3O. The maximum atomic E-state index is 12.9. The first kappa shape index (κ1) is 13.3. The van der Waals surface area contributed by atoms with Gasteiger partial charge in [0.05, 0.1) is 0 Å². The molecular weight excluding hydrogens is 266 g/mol. The largest absolute Gasteiger partial charge is 0.485 e. The molecule has 0 N–H and O–H groups in total. The Kier molecular flexibility index (Phi) is 3.98. The lowest BCUT2D eigenvalue weighted by atomic mass is 10.3. The van der Waals surface area contributed by atoms with Crippen molar-refractivity contribution in [3.05, 3.63) is 42.0 Å². The summed E-state index contributed by atoms with van der Waals surface area (Å²) in [6.07, 6.45) is -1.47. The summed E-state index contributed by atoms with van der Waals surface area (Å²) < 4.78 is 56.3. The van der Waals surface area contributed by atoms with E-state index in [0.29, 0.717) is 6.07 Å². The van der Waals surface area contributed by atoms with Crippen LogP contribution >= 0.6 is 0 Å². The normalized spacial score (nSPS) is 11.0. The molecule has 19 heavy (non-hydrogen) atoms. The molecule has 2 aromatic rings. The van der Waals surface area contributed by atoms with Crippen LogP contribution in [0.15, 0.2) is 24.5 Å². The second-order valence-electron chi connectivity index (χ2n) is 3.64. The van der Waals surface area contributed by atoms with Crippen molar-refractivity contribution >= 4 is 0 Å². The molecule has 102 valence electrons. The fraction of sp³-hybridized carbons (Fsp3) is 0.273. The minimum absolute atomic E-state index is 0.0518. The van der Waals surface area contributed by atoms with E-state index in [0.717, 1.165) is 23.1 Å². The van der Waals surface area contributed by atoms with Crippen molar-refractivity contribution < 1.29 is 22.3 Å². The van der Waals surface area contributed by atoms with E-state index in [1.165, 1.54) is 0 Å². The highest BCUT2D eigenvalue weighted by molar-refractivity contribution is 5.23. The highest BCUT2D eigenvalue weighted by Crippen LogP contribution is 2.16. The number of ether oxygens (including phenoxy) is 1. The predicted octanol–water partition coefficient (Wildman–Crippen LogP) is 2.40. The van der Waals surface area contributed by atoms with E-state index in [-0.39, 0.29) is 18.2 Å². The van der Waals surface area contributed by atoms with Gasteiger partial charge in [0.2, 0.25) is 0 Å². The van der Waals surface area contributed by atoms with Crippen molar-refractivity contribution in [2.45, 2.75) is 19.6 Å². The quantitative estimate of drug-likeness (QED) is 0.787. The van der Waals surface area contributed by atoms with Gasteiger partial charge in [-0.2, -0.15) is 5.10 Å². The van der Waals surface area contributed by atoms with E-state index >= 15 is 0 Å². The fourth-order valence-electron chi connectivity index (χ4n) is 1.44. The van der Waals surface area contributed by atoms with Crippen LogP contribution in [0.4, 0.5) is 17.6 Å². The lowest BCUT2D eigenvalue weighted by Gasteiger charge is -2.07. The Morgan fingerprint density at radius 3 is 2.47 bits per heavy atom. The van der Waals surface area contributed by atoms with Gasteiger partial charge in [-0.25, -0.2) is 27.2 Å². The van der Waals surface area contributed by atoms with Gasteiger partial charge in [-0.3, -0.25) is 0 Å². The highest BCUT2D eigenvalue weighted by atomic mass is 19.3. The predicted molar refractivity (Wildman–Crippen MR) is 56.7 cm³/mol. The van der Waals surface area contributed by atoms with Gasteiger partial charge in [0.1, 0.15) is 36.9 Å². The standard InChI is InChI=1S/C11H9F4N3O/c12-7-1-8(13)3-9(2-7)19-5-11-16-6-17-18(11)4-10(14)15/h1-3,6,10H,4-5H2. The summed E-state index contributed by atoms with van der Waals surface area (Å²) in [6.45, 7) is -0.828. The lowest BCUT2D eigenvalue weighted by molar-refractivity contribution is 0.118. The summed E-state index contributed by atoms with van der Waals surface area (Å²) in [4.78, 5) is 3.74. The summed E-state index contributed by atoms with van der Waals surface area (Å²) in [6, 6.07) is 2.67. The van der Waals surface area contributed by atoms with E-state index in [4.69, 9.17) is 4.74 Å². The number of aromatic nitrogens is 3. The number of hydrogen-bond donors (Lipinski definition) is 0. The number of alkyl halides is 2. The van der Waals surface area contributed by atoms with Gasteiger partial charge >= 0.3 is 0 Å². The van der Waals surface area contributed by atoms with Gasteiger partial charge < -0.3 is 4.74 Å². The van der Waals surface area contributed by atoms with Gasteiger partial charge in [0.15, 0.2) is 5.82 Å². The van der Waals surface area contributed by atoms with Crippen LogP contribution in [0.1, 0.15) is 5.82 Å². The molecule has 0 atom stereocenters. The third-order valence-electron chi connectivity index (χ3n) is 2.21. The molecule has 0 spiro atoms. The number of nitrogens with zero attached hydrogens (tertiary/aromatic N) is 3. The van der Waals surface area contributed by atoms with Crippen LogP contribution < -0.4 is 4.74 Å². The molecule has 0 saturated carbocycles. The minimum atomic E-state index is -2.58. The molecule has 0 bridgehead atoms. The molecule has 0 saturated heterocycles. The molecule has 0 aliphatic carbocycles. The molecule has 4 nitrogen and oxygen atoms in total. The van der Waals surface area contributed by atoms with Crippen LogP contribution in [0.5, 0.6) is 5.75 Å². The SMILES string of the molecule is Fc1cc(F)cc(OCc2ncnn2CC(F)F)c1. The fourth-order valence-corrected chi connectivity index (χ4v) is 1.44. The van der Waals surface area contributed by atoms with Crippen molar-refractivity contribution in [2.24, 2.45) is 0 Å². The van der Waals surface area contributed by atoms with Gasteiger partial charge in [-0.1, -0.05) is 0 Å². The van der Waals surface area contributed by atoms with Crippen LogP contribution in [0.3, 0.4) is 0 Å². The average molecular weight is 275 g/mol. The van der Waals surface area contributed by atoms with Crippen LogP contribution in [0.25, 0.3) is 0 Å². The third kappa shape index (κ3) is 3.67. The first-order valence-corrected chi connectivity index (χ1v) is 5.28. The van der Waals surface area contributed by atoms with Crippen LogP contribution in [0, 0.1) is 11.6 Å². The molecule has 1 aromatic heterocycles. The van der Waals surface area contributed by atoms with E-state index < -0.39 is 24.6 Å². The second kappa shape index (κ2) is 5.68. The molecule has 0 aliphatic rings. The molecule has 1 heterocycles. The number of hydrogen-bond acceptors (Lipinski definition) is 3. The Bertz CT molecular complexity index is 538. The first-order chi connectivity index (χ1) is 9.04. The molecule has 0 unspecified atom stereocenters. The summed E-state index contributed by atoms with van der Waals surface area (Å²) in [5.41, 5.74) is 0. The van der Waals surface area contributed by atoms with E-state index in [2.05, 4.69) is 10.1 Å². The van der Waals surface area contributed by atoms with E-state index in [9.17, 15) is 17.6 Å². The van der Waals surface area contributed by atoms with E-state index in [1.807, 2.05) is 0 Å². The zero-order valence-corrected chi connectivity index (χ0v) is 9.56. The maximum Gasteiger partial charge on any atom is 0.257 e. The number of rotatable bonds is 5. The van der Waals surface area contributed by atoms with Gasteiger partial charge in [-0.15, -0.1) is 0 Å². The van der Waals surface area contributed by atoms with Gasteiger partial charge in [0.25, 0.3) is 6.43 Å². The number of halogens is 4. The van der Waals surface area contributed by atoms with Crippen LogP contribution in [-0.4, -0.2) is 21.2 Å². The average Bonchev–Trinajstić information content (AvgIpc) is 2.71. The Hall–Kier alpha value is -2.12. The van der Waals surface area contributed by atoms with Crippen molar-refractivity contribution in [1.29, 1.82) is 0 Å². The van der Waals surface area contributed by atoms with Crippen molar-refractivity contribution in [3.63, 3.8) is 0 Å². The third-order valence-corrected chi connectivity index (χ3v) is 2.21. The maximum absolute atomic E-state index is 12.9. The van der Waals surface area contributed by atoms with Crippen molar-refractivity contribution in [2.75, 3.05) is 0 Å². The summed E-state index contributed by atoms with van der Waals surface area (Å²) >= 11 is 0. The number of benzene rings is 1. The molecule has 0 fully saturated rings. The Balaban J connectivity index is 2.04. The van der Waals surface area contributed by atoms with Crippen LogP contribution in [0.2, 0.25) is 0 Å². The first-order valence-electron chi connectivity index (χ1n) is 5.28. The zero-order chi connectivity index (χ0) is 13.8. The monoisotopic (exact) mass is 275 g/mol. The summed E-state index contributed by atoms with van der Waals surface area (Å²) in [5.74, 6) is -1.48. The summed E-state index contributed by atoms with van der Waals surface area (Å²) in [7, 11) is 0. The van der Waals surface area contributed by atoms with Gasteiger partial charge in [0, 0.05) is 18.2 Å². The van der Waals surface area contributed by atoms with Crippen molar-refractivity contribution in [1.82, 2.24) is 14.8 Å². The molecule has 0 radical (unpaired) electrons. The lowest BCUT2D eigenvalue weighted by Crippen LogP contribution is -2.13. The Labute approximate surface area is 105 Å². The van der Waals surface area contributed by atoms with Gasteiger partial charge in [-0.05, 0) is 0 Å².